The van der Waals surface area contributed by atoms with Crippen LogP contribution in [-0.2, 0) is 30.5 Å². The molecule has 3 rings (SSSR count). The lowest BCUT2D eigenvalue weighted by molar-refractivity contribution is -0.137. The van der Waals surface area contributed by atoms with Gasteiger partial charge >= 0.3 is 6.18 Å². The lowest BCUT2D eigenvalue weighted by Gasteiger charge is -2.35. The number of halogens is 3. The zero-order valence-electron chi connectivity index (χ0n) is 12.9. The molecule has 0 saturated carbocycles. The van der Waals surface area contributed by atoms with Gasteiger partial charge in [0, 0.05) is 13.1 Å². The number of nitrogens with zero attached hydrogens (tertiary/aromatic N) is 1. The van der Waals surface area contributed by atoms with Crippen LogP contribution in [-0.4, -0.2) is 16.8 Å². The fraction of sp³-hybridized carbons (Fsp3) is 0.278. The third kappa shape index (κ3) is 3.43. The molecule has 2 aromatic carbocycles. The van der Waals surface area contributed by atoms with Gasteiger partial charge in [0.05, 0.1) is 11.6 Å². The predicted octanol–water partition coefficient (Wildman–Crippen LogP) is 3.12. The zero-order valence-corrected chi connectivity index (χ0v) is 12.9. The van der Waals surface area contributed by atoms with Crippen LogP contribution in [0.25, 0.3) is 0 Å². The Kier molecular flexibility index (Phi) is 4.32. The number of nitrogens with two attached hydrogens (primary N) is 1. The molecule has 3 nitrogen and oxygen atoms in total. The van der Waals surface area contributed by atoms with Crippen molar-refractivity contribution < 1.29 is 18.0 Å². The van der Waals surface area contributed by atoms with Gasteiger partial charge in [0.25, 0.3) is 0 Å². The molecular weight excluding hydrogens is 317 g/mol. The highest BCUT2D eigenvalue weighted by molar-refractivity contribution is 5.80. The van der Waals surface area contributed by atoms with E-state index in [0.29, 0.717) is 25.1 Å². The van der Waals surface area contributed by atoms with E-state index in [1.807, 2.05) is 29.2 Å². The largest absolute Gasteiger partial charge is 0.416 e. The highest BCUT2D eigenvalue weighted by Gasteiger charge is 2.31. The summed E-state index contributed by atoms with van der Waals surface area (Å²) in [5, 5.41) is 0. The van der Waals surface area contributed by atoms with Crippen molar-refractivity contribution in [3.8, 4) is 0 Å². The first-order valence-corrected chi connectivity index (χ1v) is 7.61. The summed E-state index contributed by atoms with van der Waals surface area (Å²) in [5.41, 5.74) is 7.76. The molecule has 126 valence electrons. The van der Waals surface area contributed by atoms with Crippen LogP contribution >= 0.6 is 0 Å². The Bertz CT molecular complexity index is 741. The fourth-order valence-electron chi connectivity index (χ4n) is 3.06. The van der Waals surface area contributed by atoms with Crippen LogP contribution in [0.2, 0.25) is 0 Å². The Balaban J connectivity index is 1.81. The highest BCUT2D eigenvalue weighted by Crippen LogP contribution is 2.30. The first-order chi connectivity index (χ1) is 11.3. The normalized spacial score (nSPS) is 18.2. The first kappa shape index (κ1) is 16.5. The van der Waals surface area contributed by atoms with Gasteiger partial charge in [0.15, 0.2) is 0 Å². The number of fused-ring (bicyclic) bond motifs is 1. The van der Waals surface area contributed by atoms with Crippen LogP contribution in [0, 0.1) is 0 Å². The molecule has 24 heavy (non-hydrogen) atoms. The SMILES string of the molecule is NC(=O)[C@H]1Cc2ccccc2CN1Cc1ccc(C(F)(F)F)cc1. The number of amides is 1. The molecule has 1 aliphatic heterocycles. The molecule has 0 aliphatic carbocycles. The number of hydrogen-bond donors (Lipinski definition) is 1. The maximum atomic E-state index is 12.6. The summed E-state index contributed by atoms with van der Waals surface area (Å²) >= 11 is 0. The second-order valence-electron chi connectivity index (χ2n) is 5.99. The van der Waals surface area contributed by atoms with Gasteiger partial charge in [0.2, 0.25) is 5.91 Å². The van der Waals surface area contributed by atoms with Gasteiger partial charge in [-0.1, -0.05) is 36.4 Å². The van der Waals surface area contributed by atoms with E-state index in [-0.39, 0.29) is 0 Å². The number of benzene rings is 2. The third-order valence-electron chi connectivity index (χ3n) is 4.34. The van der Waals surface area contributed by atoms with Crippen LogP contribution in [0.1, 0.15) is 22.3 Å². The van der Waals surface area contributed by atoms with E-state index < -0.39 is 23.7 Å². The summed E-state index contributed by atoms with van der Waals surface area (Å²) < 4.78 is 37.9. The lowest BCUT2D eigenvalue weighted by atomic mass is 9.93. The van der Waals surface area contributed by atoms with Gasteiger partial charge in [-0.25, -0.2) is 0 Å². The molecule has 0 unspecified atom stereocenters. The Morgan fingerprint density at radius 3 is 2.29 bits per heavy atom. The van der Waals surface area contributed by atoms with Gasteiger partial charge in [-0.15, -0.1) is 0 Å². The van der Waals surface area contributed by atoms with Crippen LogP contribution in [0.4, 0.5) is 13.2 Å². The number of rotatable bonds is 3. The van der Waals surface area contributed by atoms with Crippen molar-refractivity contribution in [3.05, 3.63) is 70.8 Å². The van der Waals surface area contributed by atoms with Crippen LogP contribution in [0.5, 0.6) is 0 Å². The van der Waals surface area contributed by atoms with E-state index in [1.54, 1.807) is 0 Å². The van der Waals surface area contributed by atoms with Crippen LogP contribution < -0.4 is 5.73 Å². The minimum absolute atomic E-state index is 0.375. The van der Waals surface area contributed by atoms with E-state index in [2.05, 4.69) is 0 Å². The molecule has 6 heteroatoms. The second-order valence-corrected chi connectivity index (χ2v) is 5.99. The molecule has 1 heterocycles. The molecule has 2 aromatic rings. The topological polar surface area (TPSA) is 46.3 Å². The number of carbonyl (C=O) groups is 1. The number of alkyl halides is 3. The molecule has 2 N–H and O–H groups in total. The summed E-state index contributed by atoms with van der Waals surface area (Å²) in [4.78, 5) is 13.7. The van der Waals surface area contributed by atoms with Crippen LogP contribution in [0.15, 0.2) is 48.5 Å². The van der Waals surface area contributed by atoms with E-state index in [1.165, 1.54) is 12.1 Å². The van der Waals surface area contributed by atoms with Gasteiger partial charge in [-0.2, -0.15) is 13.2 Å². The average molecular weight is 334 g/mol. The molecule has 1 aliphatic rings. The molecule has 0 radical (unpaired) electrons. The molecule has 0 spiro atoms. The van der Waals surface area contributed by atoms with Gasteiger partial charge in [-0.3, -0.25) is 9.69 Å². The average Bonchev–Trinajstić information content (AvgIpc) is 2.53. The van der Waals surface area contributed by atoms with Crippen molar-refractivity contribution >= 4 is 5.91 Å². The van der Waals surface area contributed by atoms with Crippen molar-refractivity contribution in [1.29, 1.82) is 0 Å². The van der Waals surface area contributed by atoms with Crippen molar-refractivity contribution in [2.45, 2.75) is 31.7 Å². The van der Waals surface area contributed by atoms with Crippen molar-refractivity contribution in [2.24, 2.45) is 5.73 Å². The second kappa shape index (κ2) is 6.28. The molecule has 1 amide bonds. The maximum absolute atomic E-state index is 12.6. The molecule has 0 bridgehead atoms. The Hall–Kier alpha value is -2.34. The summed E-state index contributed by atoms with van der Waals surface area (Å²) in [6.45, 7) is 0.922. The van der Waals surface area contributed by atoms with E-state index >= 15 is 0 Å². The lowest BCUT2D eigenvalue weighted by Crippen LogP contribution is -2.48. The number of carbonyl (C=O) groups excluding carboxylic acids is 1. The van der Waals surface area contributed by atoms with Crippen molar-refractivity contribution in [3.63, 3.8) is 0 Å². The predicted molar refractivity (Wildman–Crippen MR) is 83.8 cm³/mol. The minimum Gasteiger partial charge on any atom is -0.368 e. The standard InChI is InChI=1S/C18H17F3N2O/c19-18(20,21)15-7-5-12(6-8-15)10-23-11-14-4-2-1-3-13(14)9-16(23)17(22)24/h1-8,16H,9-11H2,(H2,22,24)/t16-/m1/s1. The van der Waals surface area contributed by atoms with Crippen molar-refractivity contribution in [2.75, 3.05) is 0 Å². The monoisotopic (exact) mass is 334 g/mol. The Morgan fingerprint density at radius 1 is 1.08 bits per heavy atom. The van der Waals surface area contributed by atoms with E-state index in [9.17, 15) is 18.0 Å². The molecular formula is C18H17F3N2O. The first-order valence-electron chi connectivity index (χ1n) is 7.61. The quantitative estimate of drug-likeness (QED) is 0.937. The summed E-state index contributed by atoms with van der Waals surface area (Å²) in [7, 11) is 0. The smallest absolute Gasteiger partial charge is 0.368 e. The summed E-state index contributed by atoms with van der Waals surface area (Å²) in [6.07, 6.45) is -3.83. The molecule has 0 saturated heterocycles. The van der Waals surface area contributed by atoms with Gasteiger partial charge in [0.1, 0.15) is 0 Å². The Labute approximate surface area is 137 Å². The van der Waals surface area contributed by atoms with Crippen LogP contribution in [0.3, 0.4) is 0 Å². The summed E-state index contributed by atoms with van der Waals surface area (Å²) in [5.74, 6) is -0.420. The van der Waals surface area contributed by atoms with Crippen molar-refractivity contribution in [1.82, 2.24) is 4.90 Å². The minimum atomic E-state index is -4.35. The van der Waals surface area contributed by atoms with Gasteiger partial charge in [-0.05, 0) is 35.2 Å². The maximum Gasteiger partial charge on any atom is 0.416 e. The summed E-state index contributed by atoms with van der Waals surface area (Å²) in [6, 6.07) is 12.4. The Morgan fingerprint density at radius 2 is 1.71 bits per heavy atom. The van der Waals surface area contributed by atoms with E-state index in [4.69, 9.17) is 5.73 Å². The van der Waals surface area contributed by atoms with E-state index in [0.717, 1.165) is 23.3 Å². The highest BCUT2D eigenvalue weighted by atomic mass is 19.4. The zero-order chi connectivity index (χ0) is 17.3. The fourth-order valence-corrected chi connectivity index (χ4v) is 3.06. The molecule has 0 fully saturated rings. The number of hydrogen-bond acceptors (Lipinski definition) is 2. The third-order valence-corrected chi connectivity index (χ3v) is 4.34. The molecule has 0 aromatic heterocycles. The van der Waals surface area contributed by atoms with Gasteiger partial charge < -0.3 is 5.73 Å². The number of primary amides is 1. The molecule has 1 atom stereocenters.